The molecule has 0 unspecified atom stereocenters. The van der Waals surface area contributed by atoms with E-state index in [-0.39, 0.29) is 24.1 Å². The van der Waals surface area contributed by atoms with Crippen molar-refractivity contribution in [3.8, 4) is 11.5 Å². The van der Waals surface area contributed by atoms with E-state index in [0.717, 1.165) is 18.8 Å². The molecular weight excluding hydrogens is 376 g/mol. The first kappa shape index (κ1) is 20.0. The van der Waals surface area contributed by atoms with Gasteiger partial charge in [-0.15, -0.1) is 10.2 Å². The first-order chi connectivity index (χ1) is 14.0. The maximum absolute atomic E-state index is 12.2. The zero-order valence-corrected chi connectivity index (χ0v) is 16.1. The van der Waals surface area contributed by atoms with Gasteiger partial charge in [0.2, 0.25) is 5.89 Å². The summed E-state index contributed by atoms with van der Waals surface area (Å²) in [5.41, 5.74) is 1.97. The van der Waals surface area contributed by atoms with Crippen molar-refractivity contribution < 1.29 is 18.9 Å². The summed E-state index contributed by atoms with van der Waals surface area (Å²) in [5, 5.41) is 18.4. The molecule has 9 nitrogen and oxygen atoms in total. The number of rotatable bonds is 8. The van der Waals surface area contributed by atoms with Crippen LogP contribution in [0.4, 0.5) is 11.4 Å². The number of hydrogen-bond donors (Lipinski definition) is 0. The number of aromatic nitrogens is 2. The van der Waals surface area contributed by atoms with E-state index in [2.05, 4.69) is 28.9 Å². The molecule has 9 heteroatoms. The number of nitrogens with zero attached hydrogens (tertiary/aromatic N) is 4. The number of nitro groups is 1. The molecule has 0 bridgehead atoms. The van der Waals surface area contributed by atoms with Crippen LogP contribution in [0, 0.1) is 10.1 Å². The van der Waals surface area contributed by atoms with Crippen molar-refractivity contribution in [2.24, 2.45) is 0 Å². The number of esters is 1. The molecule has 0 saturated carbocycles. The van der Waals surface area contributed by atoms with Crippen LogP contribution in [0.25, 0.3) is 11.5 Å². The highest BCUT2D eigenvalue weighted by molar-refractivity contribution is 5.89. The molecule has 1 heterocycles. The highest BCUT2D eigenvalue weighted by Crippen LogP contribution is 2.22. The Labute approximate surface area is 167 Å². The molecule has 0 aliphatic carbocycles. The van der Waals surface area contributed by atoms with Gasteiger partial charge in [-0.25, -0.2) is 4.79 Å². The normalized spacial score (nSPS) is 10.6. The Hall–Kier alpha value is -3.75. The molecule has 0 aliphatic rings. The molecule has 3 aromatic rings. The van der Waals surface area contributed by atoms with Gasteiger partial charge < -0.3 is 14.1 Å². The largest absolute Gasteiger partial charge is 0.452 e. The predicted octanol–water partition coefficient (Wildman–Crippen LogP) is 3.85. The van der Waals surface area contributed by atoms with E-state index in [9.17, 15) is 14.9 Å². The quantitative estimate of drug-likeness (QED) is 0.321. The Morgan fingerprint density at radius 1 is 1.07 bits per heavy atom. The average molecular weight is 396 g/mol. The highest BCUT2D eigenvalue weighted by atomic mass is 16.6. The molecule has 0 radical (unpaired) electrons. The third kappa shape index (κ3) is 4.75. The third-order valence-corrected chi connectivity index (χ3v) is 4.35. The minimum atomic E-state index is -0.494. The second kappa shape index (κ2) is 8.96. The molecule has 0 saturated heterocycles. The molecule has 0 amide bonds. The summed E-state index contributed by atoms with van der Waals surface area (Å²) in [5.74, 6) is -0.174. The minimum Gasteiger partial charge on any atom is -0.452 e. The Morgan fingerprint density at radius 3 is 2.31 bits per heavy atom. The topological polar surface area (TPSA) is 112 Å². The van der Waals surface area contributed by atoms with E-state index >= 15 is 0 Å². The molecule has 0 aliphatic heterocycles. The molecule has 1 aromatic heterocycles. The van der Waals surface area contributed by atoms with Crippen LogP contribution < -0.4 is 4.90 Å². The van der Waals surface area contributed by atoms with Gasteiger partial charge in [-0.05, 0) is 50.2 Å². The van der Waals surface area contributed by atoms with Gasteiger partial charge in [0.15, 0.2) is 6.61 Å². The Bertz CT molecular complexity index is 979. The van der Waals surface area contributed by atoms with Crippen molar-refractivity contribution in [2.45, 2.75) is 20.5 Å². The molecule has 0 fully saturated rings. The van der Waals surface area contributed by atoms with Crippen LogP contribution in [0.3, 0.4) is 0 Å². The number of carbonyl (C=O) groups excluding carboxylic acids is 1. The fraction of sp³-hybridized carbons (Fsp3) is 0.250. The maximum Gasteiger partial charge on any atom is 0.338 e. The average Bonchev–Trinajstić information content (AvgIpc) is 3.22. The lowest BCUT2D eigenvalue weighted by molar-refractivity contribution is -0.384. The lowest BCUT2D eigenvalue weighted by atomic mass is 10.2. The molecule has 0 atom stereocenters. The van der Waals surface area contributed by atoms with Gasteiger partial charge in [0, 0.05) is 36.5 Å². The number of anilines is 1. The first-order valence-electron chi connectivity index (χ1n) is 9.11. The van der Waals surface area contributed by atoms with Crippen molar-refractivity contribution in [3.63, 3.8) is 0 Å². The zero-order chi connectivity index (χ0) is 20.8. The molecule has 3 rings (SSSR count). The Balaban J connectivity index is 1.60. The number of ether oxygens (including phenoxy) is 1. The number of hydrogen-bond acceptors (Lipinski definition) is 8. The minimum absolute atomic E-state index is 0.0329. The van der Waals surface area contributed by atoms with Crippen LogP contribution in [0.2, 0.25) is 0 Å². The zero-order valence-electron chi connectivity index (χ0n) is 16.1. The molecular formula is C20H20N4O5. The highest BCUT2D eigenvalue weighted by Gasteiger charge is 2.14. The van der Waals surface area contributed by atoms with E-state index in [0.29, 0.717) is 11.1 Å². The second-order valence-electron chi connectivity index (χ2n) is 6.10. The number of carbonyl (C=O) groups is 1. The van der Waals surface area contributed by atoms with Gasteiger partial charge in [0.05, 0.1) is 10.5 Å². The van der Waals surface area contributed by atoms with Crippen molar-refractivity contribution in [1.82, 2.24) is 10.2 Å². The van der Waals surface area contributed by atoms with E-state index < -0.39 is 10.9 Å². The van der Waals surface area contributed by atoms with E-state index in [1.54, 1.807) is 12.1 Å². The summed E-state index contributed by atoms with van der Waals surface area (Å²) in [6.45, 7) is 5.74. The Kier molecular flexibility index (Phi) is 6.18. The van der Waals surface area contributed by atoms with Crippen LogP contribution in [0.5, 0.6) is 0 Å². The summed E-state index contributed by atoms with van der Waals surface area (Å²) in [4.78, 5) is 24.6. The van der Waals surface area contributed by atoms with E-state index in [1.165, 1.54) is 24.3 Å². The SMILES string of the molecule is CCN(CC)c1ccc(C(=O)OCc2nnc(-c3ccc([N+](=O)[O-])cc3)o2)cc1. The van der Waals surface area contributed by atoms with E-state index in [4.69, 9.17) is 9.15 Å². The monoisotopic (exact) mass is 396 g/mol. The van der Waals surface area contributed by atoms with Crippen molar-refractivity contribution >= 4 is 17.3 Å². The maximum atomic E-state index is 12.2. The summed E-state index contributed by atoms with van der Waals surface area (Å²) < 4.78 is 10.7. The first-order valence-corrected chi connectivity index (χ1v) is 9.11. The number of nitro benzene ring substituents is 1. The number of non-ortho nitro benzene ring substituents is 1. The fourth-order valence-electron chi connectivity index (χ4n) is 2.76. The van der Waals surface area contributed by atoms with Crippen molar-refractivity contribution in [2.75, 3.05) is 18.0 Å². The number of benzene rings is 2. The summed E-state index contributed by atoms with van der Waals surface area (Å²) >= 11 is 0. The lowest BCUT2D eigenvalue weighted by Gasteiger charge is -2.20. The van der Waals surface area contributed by atoms with Gasteiger partial charge in [-0.2, -0.15) is 0 Å². The van der Waals surface area contributed by atoms with Gasteiger partial charge in [0.1, 0.15) is 0 Å². The smallest absolute Gasteiger partial charge is 0.338 e. The predicted molar refractivity (Wildman–Crippen MR) is 106 cm³/mol. The summed E-state index contributed by atoms with van der Waals surface area (Å²) in [7, 11) is 0. The molecule has 29 heavy (non-hydrogen) atoms. The summed E-state index contributed by atoms with van der Waals surface area (Å²) in [6.07, 6.45) is 0. The van der Waals surface area contributed by atoms with Gasteiger partial charge in [0.25, 0.3) is 11.6 Å². The molecule has 2 aromatic carbocycles. The van der Waals surface area contributed by atoms with Crippen LogP contribution >= 0.6 is 0 Å². The van der Waals surface area contributed by atoms with Gasteiger partial charge >= 0.3 is 5.97 Å². The summed E-state index contributed by atoms with van der Waals surface area (Å²) in [6, 6.07) is 12.9. The van der Waals surface area contributed by atoms with Crippen molar-refractivity contribution in [3.05, 3.63) is 70.1 Å². The van der Waals surface area contributed by atoms with Gasteiger partial charge in [-0.3, -0.25) is 10.1 Å². The Morgan fingerprint density at radius 2 is 1.72 bits per heavy atom. The molecule has 0 N–H and O–H groups in total. The van der Waals surface area contributed by atoms with E-state index in [1.807, 2.05) is 12.1 Å². The third-order valence-electron chi connectivity index (χ3n) is 4.35. The molecule has 150 valence electrons. The van der Waals surface area contributed by atoms with Crippen LogP contribution in [0.15, 0.2) is 52.9 Å². The van der Waals surface area contributed by atoms with Crippen LogP contribution in [-0.2, 0) is 11.3 Å². The second-order valence-corrected chi connectivity index (χ2v) is 6.10. The molecule has 0 spiro atoms. The van der Waals surface area contributed by atoms with Gasteiger partial charge in [-0.1, -0.05) is 0 Å². The van der Waals surface area contributed by atoms with Crippen molar-refractivity contribution in [1.29, 1.82) is 0 Å². The van der Waals surface area contributed by atoms with Crippen LogP contribution in [-0.4, -0.2) is 34.2 Å². The standard InChI is InChI=1S/C20H20N4O5/c1-3-23(4-2)16-9-7-15(8-10-16)20(25)28-13-18-21-22-19(29-18)14-5-11-17(12-6-14)24(26)27/h5-12H,3-4,13H2,1-2H3. The van der Waals surface area contributed by atoms with Crippen LogP contribution in [0.1, 0.15) is 30.1 Å². The fourth-order valence-corrected chi connectivity index (χ4v) is 2.76. The lowest BCUT2D eigenvalue weighted by Crippen LogP contribution is -2.21.